The minimum absolute atomic E-state index is 0.292. The van der Waals surface area contributed by atoms with E-state index in [0.717, 1.165) is 5.56 Å². The van der Waals surface area contributed by atoms with Crippen molar-refractivity contribution in [1.29, 1.82) is 5.26 Å². The van der Waals surface area contributed by atoms with Gasteiger partial charge in [-0.3, -0.25) is 4.90 Å². The molecule has 88 valence electrons. The number of benzene rings is 1. The molecule has 17 heavy (non-hydrogen) atoms. The van der Waals surface area contributed by atoms with Gasteiger partial charge in [0.15, 0.2) is 0 Å². The minimum atomic E-state index is -0.478. The highest BCUT2D eigenvalue weighted by atomic mass is 35.5. The summed E-state index contributed by atoms with van der Waals surface area (Å²) in [7, 11) is 0. The van der Waals surface area contributed by atoms with Gasteiger partial charge in [-0.1, -0.05) is 11.6 Å². The number of rotatable bonds is 1. The van der Waals surface area contributed by atoms with Crippen LogP contribution in [-0.4, -0.2) is 18.7 Å². The highest BCUT2D eigenvalue weighted by Crippen LogP contribution is 2.28. The Bertz CT molecular complexity index is 496. The third kappa shape index (κ3) is 2.20. The Hall–Kier alpha value is -1.73. The van der Waals surface area contributed by atoms with Crippen molar-refractivity contribution in [2.45, 2.75) is 19.4 Å². The number of carbonyl (C=O) groups excluding carboxylic acids is 1. The molecule has 1 aromatic carbocycles. The van der Waals surface area contributed by atoms with Crippen molar-refractivity contribution in [2.75, 3.05) is 11.5 Å². The van der Waals surface area contributed by atoms with Crippen LogP contribution in [0, 0.1) is 18.3 Å². The maximum atomic E-state index is 11.7. The number of anilines is 1. The third-order valence-corrected chi connectivity index (χ3v) is 2.93. The van der Waals surface area contributed by atoms with Gasteiger partial charge in [-0.05, 0) is 30.7 Å². The van der Waals surface area contributed by atoms with Crippen LogP contribution < -0.4 is 4.90 Å². The SMILES string of the molecule is Cc1cc(Cl)ccc1N1C(=O)OCCC1C#N. The van der Waals surface area contributed by atoms with E-state index < -0.39 is 12.1 Å². The standard InChI is InChI=1S/C12H11ClN2O2/c1-8-6-9(13)2-3-11(8)15-10(7-14)4-5-17-12(15)16/h2-3,6,10H,4-5H2,1H3. The number of hydrogen-bond donors (Lipinski definition) is 0. The van der Waals surface area contributed by atoms with E-state index in [-0.39, 0.29) is 0 Å². The van der Waals surface area contributed by atoms with Gasteiger partial charge in [0.2, 0.25) is 0 Å². The van der Waals surface area contributed by atoms with Crippen molar-refractivity contribution in [3.8, 4) is 6.07 Å². The number of carbonyl (C=O) groups is 1. The fourth-order valence-corrected chi connectivity index (χ4v) is 2.09. The second-order valence-electron chi connectivity index (χ2n) is 3.85. The molecule has 0 saturated carbocycles. The van der Waals surface area contributed by atoms with Crippen LogP contribution in [0.5, 0.6) is 0 Å². The largest absolute Gasteiger partial charge is 0.449 e. The fourth-order valence-electron chi connectivity index (χ4n) is 1.86. The highest BCUT2D eigenvalue weighted by Gasteiger charge is 2.31. The van der Waals surface area contributed by atoms with E-state index in [1.165, 1.54) is 4.90 Å². The highest BCUT2D eigenvalue weighted by molar-refractivity contribution is 6.30. The molecule has 5 heteroatoms. The van der Waals surface area contributed by atoms with E-state index >= 15 is 0 Å². The summed E-state index contributed by atoms with van der Waals surface area (Å²) in [5.74, 6) is 0. The van der Waals surface area contributed by atoms with Crippen LogP contribution >= 0.6 is 11.6 Å². The Kier molecular flexibility index (Phi) is 3.21. The van der Waals surface area contributed by atoms with Gasteiger partial charge < -0.3 is 4.74 Å². The summed E-state index contributed by atoms with van der Waals surface area (Å²) in [6, 6.07) is 6.82. The number of aryl methyl sites for hydroxylation is 1. The summed E-state index contributed by atoms with van der Waals surface area (Å²) in [4.78, 5) is 13.1. The van der Waals surface area contributed by atoms with Crippen molar-refractivity contribution in [3.05, 3.63) is 28.8 Å². The zero-order valence-corrected chi connectivity index (χ0v) is 10.1. The van der Waals surface area contributed by atoms with E-state index in [2.05, 4.69) is 6.07 Å². The first-order valence-corrected chi connectivity index (χ1v) is 5.63. The van der Waals surface area contributed by atoms with Gasteiger partial charge in [-0.2, -0.15) is 5.26 Å². The molecule has 1 saturated heterocycles. The lowest BCUT2D eigenvalue weighted by Crippen LogP contribution is -2.45. The lowest BCUT2D eigenvalue weighted by Gasteiger charge is -2.31. The second kappa shape index (κ2) is 4.64. The number of cyclic esters (lactones) is 1. The van der Waals surface area contributed by atoms with Crippen LogP contribution in [0.15, 0.2) is 18.2 Å². The van der Waals surface area contributed by atoms with E-state index in [1.807, 2.05) is 6.92 Å². The molecular formula is C12H11ClN2O2. The summed E-state index contributed by atoms with van der Waals surface area (Å²) in [6.45, 7) is 2.14. The first-order chi connectivity index (χ1) is 8.13. The third-order valence-electron chi connectivity index (χ3n) is 2.69. The van der Waals surface area contributed by atoms with Crippen LogP contribution in [0.4, 0.5) is 10.5 Å². The van der Waals surface area contributed by atoms with Crippen LogP contribution in [0.3, 0.4) is 0 Å². The topological polar surface area (TPSA) is 53.3 Å². The fraction of sp³-hybridized carbons (Fsp3) is 0.333. The lowest BCUT2D eigenvalue weighted by atomic mass is 10.1. The molecule has 1 aromatic rings. The summed E-state index contributed by atoms with van der Waals surface area (Å²) < 4.78 is 4.97. The molecule has 1 unspecified atom stereocenters. The molecule has 1 amide bonds. The zero-order valence-electron chi connectivity index (χ0n) is 9.31. The Balaban J connectivity index is 2.42. The number of halogens is 1. The first kappa shape index (κ1) is 11.7. The minimum Gasteiger partial charge on any atom is -0.449 e. The van der Waals surface area contributed by atoms with Crippen molar-refractivity contribution in [2.24, 2.45) is 0 Å². The number of nitriles is 1. The van der Waals surface area contributed by atoms with Gasteiger partial charge in [0.25, 0.3) is 0 Å². The monoisotopic (exact) mass is 250 g/mol. The van der Waals surface area contributed by atoms with Gasteiger partial charge in [0, 0.05) is 11.4 Å². The van der Waals surface area contributed by atoms with Crippen molar-refractivity contribution in [3.63, 3.8) is 0 Å². The Morgan fingerprint density at radius 3 is 3.00 bits per heavy atom. The van der Waals surface area contributed by atoms with Gasteiger partial charge in [0.05, 0.1) is 18.4 Å². The van der Waals surface area contributed by atoms with Crippen LogP contribution in [0.25, 0.3) is 0 Å². The Labute approximate surface area is 104 Å². The molecule has 1 fully saturated rings. The smallest absolute Gasteiger partial charge is 0.415 e. The lowest BCUT2D eigenvalue weighted by molar-refractivity contribution is 0.134. The molecule has 1 heterocycles. The number of hydrogen-bond acceptors (Lipinski definition) is 3. The second-order valence-corrected chi connectivity index (χ2v) is 4.29. The number of amides is 1. The molecule has 0 N–H and O–H groups in total. The molecule has 0 aliphatic carbocycles. The van der Waals surface area contributed by atoms with Crippen LogP contribution in [-0.2, 0) is 4.74 Å². The van der Waals surface area contributed by atoms with Crippen molar-refractivity contribution >= 4 is 23.4 Å². The number of ether oxygens (including phenoxy) is 1. The summed E-state index contributed by atoms with van der Waals surface area (Å²) >= 11 is 5.86. The van der Waals surface area contributed by atoms with E-state index in [9.17, 15) is 4.79 Å². The van der Waals surface area contributed by atoms with E-state index in [4.69, 9.17) is 21.6 Å². The van der Waals surface area contributed by atoms with Crippen molar-refractivity contribution < 1.29 is 9.53 Å². The predicted molar refractivity (Wildman–Crippen MR) is 64.0 cm³/mol. The van der Waals surface area contributed by atoms with Crippen LogP contribution in [0.1, 0.15) is 12.0 Å². The first-order valence-electron chi connectivity index (χ1n) is 5.25. The summed E-state index contributed by atoms with van der Waals surface area (Å²) in [5, 5.41) is 9.66. The maximum absolute atomic E-state index is 11.7. The van der Waals surface area contributed by atoms with Gasteiger partial charge in [0.1, 0.15) is 6.04 Å². The van der Waals surface area contributed by atoms with Gasteiger partial charge in [-0.15, -0.1) is 0 Å². The molecule has 0 spiro atoms. The molecule has 1 aliphatic rings. The predicted octanol–water partition coefficient (Wildman–Crippen LogP) is 2.89. The quantitative estimate of drug-likeness (QED) is 0.770. The van der Waals surface area contributed by atoms with Crippen molar-refractivity contribution in [1.82, 2.24) is 0 Å². The average Bonchev–Trinajstić information content (AvgIpc) is 2.30. The van der Waals surface area contributed by atoms with E-state index in [1.54, 1.807) is 18.2 Å². The molecule has 0 aromatic heterocycles. The molecule has 1 aliphatic heterocycles. The molecular weight excluding hydrogens is 240 g/mol. The van der Waals surface area contributed by atoms with Gasteiger partial charge >= 0.3 is 6.09 Å². The molecule has 0 radical (unpaired) electrons. The summed E-state index contributed by atoms with van der Waals surface area (Å²) in [6.07, 6.45) is 0.0397. The molecule has 0 bridgehead atoms. The van der Waals surface area contributed by atoms with E-state index in [0.29, 0.717) is 23.7 Å². The normalized spacial score (nSPS) is 19.7. The molecule has 4 nitrogen and oxygen atoms in total. The Morgan fingerprint density at radius 2 is 2.35 bits per heavy atom. The van der Waals surface area contributed by atoms with Crippen LogP contribution in [0.2, 0.25) is 5.02 Å². The molecule has 2 rings (SSSR count). The Morgan fingerprint density at radius 1 is 1.59 bits per heavy atom. The molecule has 1 atom stereocenters. The summed E-state index contributed by atoms with van der Waals surface area (Å²) in [5.41, 5.74) is 1.52. The maximum Gasteiger partial charge on any atom is 0.415 e. The zero-order chi connectivity index (χ0) is 12.4. The number of nitrogens with zero attached hydrogens (tertiary/aromatic N) is 2. The van der Waals surface area contributed by atoms with Gasteiger partial charge in [-0.25, -0.2) is 4.79 Å². The average molecular weight is 251 g/mol.